The number of carbonyl (C=O) groups is 2. The molecule has 4 aromatic rings. The van der Waals surface area contributed by atoms with Crippen LogP contribution in [-0.4, -0.2) is 44.3 Å². The lowest BCUT2D eigenvalue weighted by molar-refractivity contribution is -0.140. The summed E-state index contributed by atoms with van der Waals surface area (Å²) in [6, 6.07) is 25.3. The third-order valence-electron chi connectivity index (χ3n) is 7.73. The lowest BCUT2D eigenvalue weighted by Gasteiger charge is -2.34. The molecule has 0 aliphatic heterocycles. The third-order valence-corrected chi connectivity index (χ3v) is 9.93. The van der Waals surface area contributed by atoms with Gasteiger partial charge in [0, 0.05) is 30.1 Å². The van der Waals surface area contributed by atoms with Gasteiger partial charge < -0.3 is 10.2 Å². The first-order chi connectivity index (χ1) is 22.0. The minimum atomic E-state index is -4.28. The number of anilines is 1. The summed E-state index contributed by atoms with van der Waals surface area (Å²) in [5, 5.41) is 3.25. The standard InChI is InChI=1S/C36H39ClFN3O4S/c1-4-5-21-39-36(43)34(22-28-11-7-6-8-12-28)40(24-29-13-9-10-14-33(29)38)35(42)25-41(30-18-17-27(3)32(37)23-30)46(44,45)31-19-15-26(2)16-20-31/h6-20,23,34H,4-5,21-22,24-25H2,1-3H3,(H,39,43)/t34-/m1/s1. The van der Waals surface area contributed by atoms with Crippen molar-refractivity contribution in [2.24, 2.45) is 0 Å². The van der Waals surface area contributed by atoms with E-state index in [2.05, 4.69) is 5.32 Å². The quantitative estimate of drug-likeness (QED) is 0.150. The van der Waals surface area contributed by atoms with Gasteiger partial charge in [-0.15, -0.1) is 0 Å². The Morgan fingerprint density at radius 3 is 2.24 bits per heavy atom. The van der Waals surface area contributed by atoms with Crippen molar-refractivity contribution in [2.45, 2.75) is 57.5 Å². The molecule has 46 heavy (non-hydrogen) atoms. The molecule has 4 aromatic carbocycles. The fourth-order valence-corrected chi connectivity index (χ4v) is 6.55. The number of unbranched alkanes of at least 4 members (excludes halogenated alkanes) is 1. The van der Waals surface area contributed by atoms with Gasteiger partial charge in [-0.2, -0.15) is 0 Å². The van der Waals surface area contributed by atoms with E-state index in [0.29, 0.717) is 11.6 Å². The van der Waals surface area contributed by atoms with Crippen molar-refractivity contribution in [3.8, 4) is 0 Å². The summed E-state index contributed by atoms with van der Waals surface area (Å²) in [4.78, 5) is 29.5. The normalized spacial score (nSPS) is 11.9. The number of benzene rings is 4. The average molecular weight is 664 g/mol. The molecule has 0 fully saturated rings. The van der Waals surface area contributed by atoms with Crippen LogP contribution in [0.2, 0.25) is 5.02 Å². The van der Waals surface area contributed by atoms with Crippen molar-refractivity contribution >= 4 is 39.1 Å². The molecule has 1 N–H and O–H groups in total. The number of carbonyl (C=O) groups excluding carboxylic acids is 2. The lowest BCUT2D eigenvalue weighted by atomic mass is 10.0. The number of aryl methyl sites for hydroxylation is 2. The van der Waals surface area contributed by atoms with Gasteiger partial charge in [0.1, 0.15) is 18.4 Å². The number of nitrogens with one attached hydrogen (secondary N) is 1. The second kappa shape index (κ2) is 15.9. The van der Waals surface area contributed by atoms with Gasteiger partial charge in [0.2, 0.25) is 11.8 Å². The van der Waals surface area contributed by atoms with Gasteiger partial charge in [-0.25, -0.2) is 12.8 Å². The van der Waals surface area contributed by atoms with Crippen molar-refractivity contribution in [3.63, 3.8) is 0 Å². The van der Waals surface area contributed by atoms with Gasteiger partial charge in [0.25, 0.3) is 10.0 Å². The second-order valence-corrected chi connectivity index (χ2v) is 13.5. The number of hydrogen-bond acceptors (Lipinski definition) is 4. The summed E-state index contributed by atoms with van der Waals surface area (Å²) in [6.45, 7) is 5.13. The first kappa shape index (κ1) is 34.7. The monoisotopic (exact) mass is 663 g/mol. The minimum Gasteiger partial charge on any atom is -0.354 e. The van der Waals surface area contributed by atoms with E-state index in [-0.39, 0.29) is 29.1 Å². The molecular weight excluding hydrogens is 625 g/mol. The highest BCUT2D eigenvalue weighted by atomic mass is 35.5. The lowest BCUT2D eigenvalue weighted by Crippen LogP contribution is -2.53. The molecule has 0 heterocycles. The molecule has 0 saturated heterocycles. The van der Waals surface area contributed by atoms with Crippen LogP contribution in [0.4, 0.5) is 10.1 Å². The van der Waals surface area contributed by atoms with Crippen LogP contribution < -0.4 is 9.62 Å². The maximum Gasteiger partial charge on any atom is 0.264 e. The Bertz CT molecular complexity index is 1750. The highest BCUT2D eigenvalue weighted by Crippen LogP contribution is 2.29. The van der Waals surface area contributed by atoms with Crippen molar-refractivity contribution in [1.29, 1.82) is 0 Å². The molecule has 0 saturated carbocycles. The number of rotatable bonds is 14. The molecule has 0 radical (unpaired) electrons. The molecule has 242 valence electrons. The van der Waals surface area contributed by atoms with Crippen molar-refractivity contribution in [3.05, 3.63) is 130 Å². The zero-order valence-corrected chi connectivity index (χ0v) is 27.8. The van der Waals surface area contributed by atoms with E-state index in [4.69, 9.17) is 11.6 Å². The van der Waals surface area contributed by atoms with E-state index in [0.717, 1.165) is 33.8 Å². The molecule has 1 atom stereocenters. The van der Waals surface area contributed by atoms with Crippen LogP contribution >= 0.6 is 11.6 Å². The SMILES string of the molecule is CCCCNC(=O)[C@@H](Cc1ccccc1)N(Cc1ccccc1F)C(=O)CN(c1ccc(C)c(Cl)c1)S(=O)(=O)c1ccc(C)cc1. The molecule has 0 aliphatic rings. The molecule has 0 aliphatic carbocycles. The van der Waals surface area contributed by atoms with Crippen LogP contribution in [0, 0.1) is 19.7 Å². The topological polar surface area (TPSA) is 86.8 Å². The Kier molecular flexibility index (Phi) is 12.0. The number of hydrogen-bond donors (Lipinski definition) is 1. The van der Waals surface area contributed by atoms with Gasteiger partial charge in [-0.05, 0) is 61.7 Å². The largest absolute Gasteiger partial charge is 0.354 e. The van der Waals surface area contributed by atoms with Gasteiger partial charge in [-0.3, -0.25) is 13.9 Å². The van der Waals surface area contributed by atoms with Crippen molar-refractivity contribution in [1.82, 2.24) is 10.2 Å². The van der Waals surface area contributed by atoms with E-state index >= 15 is 4.39 Å². The zero-order chi connectivity index (χ0) is 33.3. The highest BCUT2D eigenvalue weighted by molar-refractivity contribution is 7.92. The van der Waals surface area contributed by atoms with Gasteiger partial charge in [0.05, 0.1) is 10.6 Å². The third kappa shape index (κ3) is 8.73. The van der Waals surface area contributed by atoms with Crippen LogP contribution in [-0.2, 0) is 32.6 Å². The predicted molar refractivity (Wildman–Crippen MR) is 181 cm³/mol. The maximum absolute atomic E-state index is 15.0. The number of halogens is 2. The molecule has 2 amide bonds. The zero-order valence-electron chi connectivity index (χ0n) is 26.2. The van der Waals surface area contributed by atoms with E-state index < -0.39 is 40.2 Å². The summed E-state index contributed by atoms with van der Waals surface area (Å²) >= 11 is 6.43. The van der Waals surface area contributed by atoms with Gasteiger partial charge in [-0.1, -0.05) is 97.2 Å². The molecular formula is C36H39ClFN3O4S. The number of nitrogens with zero attached hydrogens (tertiary/aromatic N) is 2. The molecule has 4 rings (SSSR count). The summed E-state index contributed by atoms with van der Waals surface area (Å²) in [5.74, 6) is -1.63. The van der Waals surface area contributed by atoms with E-state index in [9.17, 15) is 18.0 Å². The van der Waals surface area contributed by atoms with Crippen LogP contribution in [0.1, 0.15) is 42.0 Å². The molecule has 0 spiro atoms. The summed E-state index contributed by atoms with van der Waals surface area (Å²) in [6.07, 6.45) is 1.73. The van der Waals surface area contributed by atoms with E-state index in [1.54, 1.807) is 49.4 Å². The Labute approximate surface area is 276 Å². The Morgan fingerprint density at radius 2 is 1.59 bits per heavy atom. The molecule has 7 nitrogen and oxygen atoms in total. The fraction of sp³-hybridized carbons (Fsp3) is 0.278. The van der Waals surface area contributed by atoms with Crippen LogP contribution in [0.15, 0.2) is 102 Å². The summed E-state index contributed by atoms with van der Waals surface area (Å²) in [7, 11) is -4.28. The molecule has 0 unspecified atom stereocenters. The Balaban J connectivity index is 1.81. The van der Waals surface area contributed by atoms with Gasteiger partial charge >= 0.3 is 0 Å². The summed E-state index contributed by atoms with van der Waals surface area (Å²) in [5.41, 5.74) is 2.77. The Hall–Kier alpha value is -4.21. The fourth-order valence-electron chi connectivity index (χ4n) is 4.97. The molecule has 10 heteroatoms. The molecule has 0 bridgehead atoms. The van der Waals surface area contributed by atoms with Crippen molar-refractivity contribution in [2.75, 3.05) is 17.4 Å². The average Bonchev–Trinajstić information content (AvgIpc) is 3.04. The maximum atomic E-state index is 15.0. The van der Waals surface area contributed by atoms with E-state index in [1.165, 1.54) is 29.2 Å². The van der Waals surface area contributed by atoms with Crippen LogP contribution in [0.3, 0.4) is 0 Å². The highest BCUT2D eigenvalue weighted by Gasteiger charge is 2.35. The molecule has 0 aromatic heterocycles. The van der Waals surface area contributed by atoms with Crippen LogP contribution in [0.5, 0.6) is 0 Å². The second-order valence-electron chi connectivity index (χ2n) is 11.2. The number of sulfonamides is 1. The first-order valence-corrected chi connectivity index (χ1v) is 17.0. The first-order valence-electron chi connectivity index (χ1n) is 15.2. The predicted octanol–water partition coefficient (Wildman–Crippen LogP) is 6.85. The van der Waals surface area contributed by atoms with E-state index in [1.807, 2.05) is 44.2 Å². The Morgan fingerprint density at radius 1 is 0.913 bits per heavy atom. The summed E-state index contributed by atoms with van der Waals surface area (Å²) < 4.78 is 44.3. The smallest absolute Gasteiger partial charge is 0.264 e. The van der Waals surface area contributed by atoms with Crippen molar-refractivity contribution < 1.29 is 22.4 Å². The number of amides is 2. The minimum absolute atomic E-state index is 0.0126. The van der Waals surface area contributed by atoms with Gasteiger partial charge in [0.15, 0.2) is 0 Å². The van der Waals surface area contributed by atoms with Crippen LogP contribution in [0.25, 0.3) is 0 Å².